The first-order valence-electron chi connectivity index (χ1n) is 14.1. The molecule has 10 nitrogen and oxygen atoms in total. The number of fused-ring (bicyclic) bond motifs is 3. The number of morpholine rings is 1. The van der Waals surface area contributed by atoms with Crippen molar-refractivity contribution in [3.8, 4) is 11.5 Å². The summed E-state index contributed by atoms with van der Waals surface area (Å²) in [5.74, 6) is -3.22. The molecule has 0 bridgehead atoms. The predicted octanol–water partition coefficient (Wildman–Crippen LogP) is 4.23. The van der Waals surface area contributed by atoms with Crippen LogP contribution in [0.5, 0.6) is 11.5 Å². The summed E-state index contributed by atoms with van der Waals surface area (Å²) in [5, 5.41) is 0.479. The van der Waals surface area contributed by atoms with E-state index < -0.39 is 38.7 Å². The lowest BCUT2D eigenvalue weighted by atomic mass is 9.76. The van der Waals surface area contributed by atoms with Crippen LogP contribution in [0.1, 0.15) is 30.7 Å². The predicted molar refractivity (Wildman–Crippen MR) is 159 cm³/mol. The number of hydrogen-bond donors (Lipinski definition) is 0. The summed E-state index contributed by atoms with van der Waals surface area (Å²) in [7, 11) is -1.62. The lowest BCUT2D eigenvalue weighted by Crippen LogP contribution is -2.48. The summed E-state index contributed by atoms with van der Waals surface area (Å²) in [5.41, 5.74) is -0.206. The van der Waals surface area contributed by atoms with E-state index in [0.717, 1.165) is 11.0 Å². The molecular formula is C31H32F2N4O6S. The number of anilines is 1. The molecule has 0 saturated carbocycles. The average molecular weight is 627 g/mol. The normalized spacial score (nSPS) is 17.1. The molecule has 2 aromatic heterocycles. The second-order valence-electron chi connectivity index (χ2n) is 11.3. The molecule has 13 heteroatoms. The van der Waals surface area contributed by atoms with E-state index in [-0.39, 0.29) is 28.6 Å². The first-order valence-corrected chi connectivity index (χ1v) is 15.5. The Hall–Kier alpha value is -4.07. The van der Waals surface area contributed by atoms with Crippen molar-refractivity contribution in [1.29, 1.82) is 0 Å². The Morgan fingerprint density at radius 1 is 1.00 bits per heavy atom. The van der Waals surface area contributed by atoms with Crippen molar-refractivity contribution in [3.63, 3.8) is 0 Å². The van der Waals surface area contributed by atoms with Gasteiger partial charge in [-0.1, -0.05) is 18.2 Å². The molecule has 0 aliphatic carbocycles. The zero-order valence-corrected chi connectivity index (χ0v) is 25.6. The fourth-order valence-electron chi connectivity index (χ4n) is 6.12. The Balaban J connectivity index is 1.56. The van der Waals surface area contributed by atoms with E-state index >= 15 is 8.78 Å². The minimum Gasteiger partial charge on any atom is -0.493 e. The number of pyridine rings is 1. The van der Waals surface area contributed by atoms with Crippen LogP contribution in [-0.4, -0.2) is 68.7 Å². The van der Waals surface area contributed by atoms with Gasteiger partial charge in [0.1, 0.15) is 5.69 Å². The van der Waals surface area contributed by atoms with Crippen molar-refractivity contribution >= 4 is 32.7 Å². The molecule has 4 aromatic rings. The van der Waals surface area contributed by atoms with Gasteiger partial charge >= 0.3 is 0 Å². The van der Waals surface area contributed by atoms with Gasteiger partial charge in [-0.2, -0.15) is 0 Å². The van der Waals surface area contributed by atoms with Crippen molar-refractivity contribution in [3.05, 3.63) is 77.1 Å². The molecule has 0 N–H and O–H groups in total. The third kappa shape index (κ3) is 4.70. The molecule has 1 fully saturated rings. The fourth-order valence-corrected chi connectivity index (χ4v) is 7.62. The van der Waals surface area contributed by atoms with Crippen molar-refractivity contribution in [2.45, 2.75) is 37.2 Å². The van der Waals surface area contributed by atoms with E-state index in [4.69, 9.17) is 14.2 Å². The number of nitrogens with zero attached hydrogens (tertiary/aromatic N) is 4. The molecule has 0 unspecified atom stereocenters. The summed E-state index contributed by atoms with van der Waals surface area (Å²) in [6.07, 6.45) is 1.47. The largest absolute Gasteiger partial charge is 0.493 e. The number of amides is 1. The van der Waals surface area contributed by atoms with Crippen LogP contribution in [0.15, 0.2) is 53.6 Å². The number of hydrogen-bond acceptors (Lipinski definition) is 8. The lowest BCUT2D eigenvalue weighted by molar-refractivity contribution is -0.123. The average Bonchev–Trinajstić information content (AvgIpc) is 3.39. The number of benzene rings is 2. The molecule has 0 spiro atoms. The summed E-state index contributed by atoms with van der Waals surface area (Å²) in [6, 6.07) is 10.9. The van der Waals surface area contributed by atoms with Crippen LogP contribution in [0.2, 0.25) is 0 Å². The van der Waals surface area contributed by atoms with Crippen LogP contribution in [0.3, 0.4) is 0 Å². The van der Waals surface area contributed by atoms with Gasteiger partial charge in [0.05, 0.1) is 50.0 Å². The van der Waals surface area contributed by atoms with Crippen molar-refractivity contribution in [2.24, 2.45) is 0 Å². The van der Waals surface area contributed by atoms with Gasteiger partial charge < -0.3 is 19.1 Å². The number of aromatic nitrogens is 2. The molecule has 2 aliphatic rings. The molecule has 4 heterocycles. The van der Waals surface area contributed by atoms with Crippen LogP contribution in [0.4, 0.5) is 14.5 Å². The number of halogens is 2. The number of ether oxygens (including phenoxy) is 3. The van der Waals surface area contributed by atoms with Gasteiger partial charge in [-0.05, 0) is 43.2 Å². The summed E-state index contributed by atoms with van der Waals surface area (Å²) in [6.45, 7) is 5.70. The van der Waals surface area contributed by atoms with E-state index in [1.54, 1.807) is 38.1 Å². The molecule has 232 valence electrons. The molecule has 0 radical (unpaired) electrons. The quantitative estimate of drug-likeness (QED) is 0.301. The number of carbonyl (C=O) groups is 1. The molecule has 44 heavy (non-hydrogen) atoms. The second-order valence-corrected chi connectivity index (χ2v) is 13.1. The van der Waals surface area contributed by atoms with Gasteiger partial charge in [-0.3, -0.25) is 9.69 Å². The standard InChI is InChI=1S/C31H32F2N4O6S/c1-31(2)25-19(17-36(30(31)38)28-26(32)23(41-3)15-24(42-4)27(28)33)16-34-29-22(25)14-20(18-35-10-12-43-13-11-35)37(29)44(39,40)21-8-6-5-7-9-21/h5-9,14-16H,10-13,17-18H2,1-4H3. The van der Waals surface area contributed by atoms with Crippen molar-refractivity contribution in [1.82, 2.24) is 13.9 Å². The summed E-state index contributed by atoms with van der Waals surface area (Å²) < 4.78 is 76.2. The molecular weight excluding hydrogens is 594 g/mol. The second kappa shape index (κ2) is 11.1. The highest BCUT2D eigenvalue weighted by atomic mass is 32.2. The summed E-state index contributed by atoms with van der Waals surface area (Å²) >= 11 is 0. The van der Waals surface area contributed by atoms with Crippen LogP contribution >= 0.6 is 0 Å². The van der Waals surface area contributed by atoms with Gasteiger partial charge in [0, 0.05) is 37.3 Å². The molecule has 1 amide bonds. The van der Waals surface area contributed by atoms with Gasteiger partial charge in [0.2, 0.25) is 5.91 Å². The smallest absolute Gasteiger partial charge is 0.269 e. The molecule has 2 aliphatic heterocycles. The van der Waals surface area contributed by atoms with E-state index in [0.29, 0.717) is 55.1 Å². The highest BCUT2D eigenvalue weighted by molar-refractivity contribution is 7.90. The van der Waals surface area contributed by atoms with Crippen molar-refractivity contribution < 1.29 is 36.2 Å². The van der Waals surface area contributed by atoms with Crippen LogP contribution < -0.4 is 14.4 Å². The minimum atomic E-state index is -4.09. The topological polar surface area (TPSA) is 103 Å². The monoisotopic (exact) mass is 626 g/mol. The Kier molecular flexibility index (Phi) is 7.58. The zero-order chi connectivity index (χ0) is 31.4. The Labute approximate surface area is 253 Å². The van der Waals surface area contributed by atoms with E-state index in [2.05, 4.69) is 9.88 Å². The molecule has 6 rings (SSSR count). The first kappa shape index (κ1) is 30.0. The Morgan fingerprint density at radius 2 is 1.64 bits per heavy atom. The van der Waals surface area contributed by atoms with Crippen LogP contribution in [-0.2, 0) is 38.1 Å². The maximum absolute atomic E-state index is 15.5. The van der Waals surface area contributed by atoms with Gasteiger partial charge in [-0.15, -0.1) is 0 Å². The van der Waals surface area contributed by atoms with Gasteiger partial charge in [0.15, 0.2) is 28.8 Å². The number of methoxy groups -OCH3 is 2. The number of rotatable bonds is 7. The molecule has 1 saturated heterocycles. The van der Waals surface area contributed by atoms with Gasteiger partial charge in [-0.25, -0.2) is 26.2 Å². The molecule has 2 aromatic carbocycles. The third-order valence-electron chi connectivity index (χ3n) is 8.26. The molecule has 0 atom stereocenters. The first-order chi connectivity index (χ1) is 21.0. The van der Waals surface area contributed by atoms with Crippen LogP contribution in [0, 0.1) is 11.6 Å². The van der Waals surface area contributed by atoms with Crippen molar-refractivity contribution in [2.75, 3.05) is 45.4 Å². The number of carbonyl (C=O) groups excluding carboxylic acids is 1. The van der Waals surface area contributed by atoms with Crippen LogP contribution in [0.25, 0.3) is 11.0 Å². The lowest BCUT2D eigenvalue weighted by Gasteiger charge is -2.39. The Morgan fingerprint density at radius 3 is 2.25 bits per heavy atom. The summed E-state index contributed by atoms with van der Waals surface area (Å²) in [4.78, 5) is 21.9. The highest BCUT2D eigenvalue weighted by Crippen LogP contribution is 2.45. The van der Waals surface area contributed by atoms with E-state index in [1.807, 2.05) is 0 Å². The van der Waals surface area contributed by atoms with Gasteiger partial charge in [0.25, 0.3) is 10.0 Å². The fraction of sp³-hybridized carbons (Fsp3) is 0.355. The van der Waals surface area contributed by atoms with E-state index in [1.165, 1.54) is 36.5 Å². The minimum absolute atomic E-state index is 0.0969. The zero-order valence-electron chi connectivity index (χ0n) is 24.8. The maximum Gasteiger partial charge on any atom is 0.269 e. The Bertz CT molecular complexity index is 1840. The highest BCUT2D eigenvalue weighted by Gasteiger charge is 2.45. The SMILES string of the molecule is COc1cc(OC)c(F)c(N2Cc3cnc4c(cc(CN5CCOCC5)n4S(=O)(=O)c4ccccc4)c3C(C)(C)C2=O)c1F. The van der Waals surface area contributed by atoms with E-state index in [9.17, 15) is 13.2 Å². The third-order valence-corrected chi connectivity index (χ3v) is 10.0. The maximum atomic E-state index is 15.5.